The average molecular weight is 498 g/mol. The van der Waals surface area contributed by atoms with Gasteiger partial charge in [0.1, 0.15) is 21.9 Å². The van der Waals surface area contributed by atoms with Crippen molar-refractivity contribution in [3.05, 3.63) is 96.1 Å². The van der Waals surface area contributed by atoms with Crippen LogP contribution in [0.2, 0.25) is 0 Å². The molecule has 2 aromatic heterocycles. The molecule has 1 N–H and O–H groups in total. The molecule has 0 atom stereocenters. The number of anilines is 1. The van der Waals surface area contributed by atoms with E-state index in [9.17, 15) is 9.59 Å². The number of fused-ring (bicyclic) bond motifs is 1. The quantitative estimate of drug-likeness (QED) is 0.160. The van der Waals surface area contributed by atoms with Crippen molar-refractivity contribution in [3.8, 4) is 16.9 Å². The van der Waals surface area contributed by atoms with E-state index in [0.717, 1.165) is 31.3 Å². The van der Waals surface area contributed by atoms with Crippen molar-refractivity contribution in [1.29, 1.82) is 0 Å². The van der Waals surface area contributed by atoms with Gasteiger partial charge in [-0.1, -0.05) is 66.4 Å². The smallest absolute Gasteiger partial charge is 0.308 e. The number of carbonyl (C=O) groups is 2. The molecular weight excluding hydrogens is 478 g/mol. The molecule has 0 radical (unpaired) electrons. The Morgan fingerprint density at radius 1 is 0.914 bits per heavy atom. The van der Waals surface area contributed by atoms with E-state index in [0.29, 0.717) is 5.69 Å². The summed E-state index contributed by atoms with van der Waals surface area (Å²) >= 11 is 3.04. The lowest BCUT2D eigenvalue weighted by Gasteiger charge is -2.13. The zero-order chi connectivity index (χ0) is 24.2. The van der Waals surface area contributed by atoms with Gasteiger partial charge in [0.05, 0.1) is 16.6 Å². The van der Waals surface area contributed by atoms with E-state index in [1.165, 1.54) is 18.7 Å². The molecule has 0 bridgehead atoms. The van der Waals surface area contributed by atoms with Gasteiger partial charge < -0.3 is 10.1 Å². The Balaban J connectivity index is 1.48. The number of para-hydroxylation sites is 2. The van der Waals surface area contributed by atoms with Crippen molar-refractivity contribution in [2.75, 3.05) is 5.32 Å². The summed E-state index contributed by atoms with van der Waals surface area (Å²) in [6, 6.07) is 24.3. The van der Waals surface area contributed by atoms with Crippen LogP contribution in [0.15, 0.2) is 100 Å². The monoisotopic (exact) mass is 497 g/mol. The predicted molar refractivity (Wildman–Crippen MR) is 139 cm³/mol. The number of hydrogen-bond donors (Lipinski definition) is 1. The van der Waals surface area contributed by atoms with Crippen molar-refractivity contribution in [3.63, 3.8) is 0 Å². The highest BCUT2D eigenvalue weighted by molar-refractivity contribution is 7.99. The summed E-state index contributed by atoms with van der Waals surface area (Å²) in [4.78, 5) is 35.3. The summed E-state index contributed by atoms with van der Waals surface area (Å²) in [6.45, 7) is 1.30. The maximum absolute atomic E-state index is 13.1. The van der Waals surface area contributed by atoms with Gasteiger partial charge in [0, 0.05) is 22.8 Å². The fourth-order valence-corrected chi connectivity index (χ4v) is 5.58. The number of ether oxygens (including phenoxy) is 1. The maximum atomic E-state index is 13.1. The van der Waals surface area contributed by atoms with Crippen molar-refractivity contribution in [1.82, 2.24) is 9.97 Å². The lowest BCUT2D eigenvalue weighted by molar-refractivity contribution is -0.131. The average Bonchev–Trinajstić information content (AvgIpc) is 3.31. The number of esters is 1. The van der Waals surface area contributed by atoms with Crippen molar-refractivity contribution in [2.45, 2.75) is 16.8 Å². The van der Waals surface area contributed by atoms with Gasteiger partial charge in [-0.05, 0) is 29.8 Å². The first-order valence-corrected chi connectivity index (χ1v) is 12.4. The van der Waals surface area contributed by atoms with Crippen molar-refractivity contribution < 1.29 is 14.3 Å². The Morgan fingerprint density at radius 3 is 2.49 bits per heavy atom. The van der Waals surface area contributed by atoms with Gasteiger partial charge in [-0.3, -0.25) is 9.59 Å². The van der Waals surface area contributed by atoms with Crippen LogP contribution in [0.5, 0.6) is 5.75 Å². The van der Waals surface area contributed by atoms with E-state index in [1.807, 2.05) is 42.5 Å². The van der Waals surface area contributed by atoms with E-state index in [4.69, 9.17) is 4.74 Å². The van der Waals surface area contributed by atoms with E-state index < -0.39 is 5.97 Å². The number of nitrogens with zero attached hydrogens (tertiary/aromatic N) is 2. The molecule has 0 spiro atoms. The lowest BCUT2D eigenvalue weighted by Crippen LogP contribution is -2.15. The summed E-state index contributed by atoms with van der Waals surface area (Å²) in [7, 11) is 0. The minimum Gasteiger partial charge on any atom is -0.426 e. The molecule has 5 aromatic rings. The molecule has 35 heavy (non-hydrogen) atoms. The zero-order valence-electron chi connectivity index (χ0n) is 18.6. The van der Waals surface area contributed by atoms with Crippen LogP contribution in [0.1, 0.15) is 17.3 Å². The molecule has 0 aliphatic rings. The summed E-state index contributed by atoms with van der Waals surface area (Å²) in [5.74, 6) is -0.645. The highest BCUT2D eigenvalue weighted by Gasteiger charge is 2.18. The molecule has 0 fully saturated rings. The fourth-order valence-electron chi connectivity index (χ4n) is 3.61. The second kappa shape index (κ2) is 10.1. The standard InChI is InChI=1S/C27H19N3O3S2/c1-17(31)33-22-13-7-5-11-19(22)25(32)30-21-12-6-8-14-23(21)35-27-24-20(18-9-3-2-4-10-18)15-34-26(24)28-16-29-27/h2-16H,1H3,(H,30,32). The van der Waals surface area contributed by atoms with Crippen LogP contribution >= 0.6 is 23.1 Å². The van der Waals surface area contributed by atoms with Crippen molar-refractivity contribution in [2.24, 2.45) is 0 Å². The SMILES string of the molecule is CC(=O)Oc1ccccc1C(=O)Nc1ccccc1Sc1ncnc2scc(-c3ccccc3)c12. The minimum atomic E-state index is -0.487. The molecular formula is C27H19N3O3S2. The number of thiophene rings is 1. The summed E-state index contributed by atoms with van der Waals surface area (Å²) in [6.07, 6.45) is 1.56. The number of rotatable bonds is 6. The molecule has 3 aromatic carbocycles. The number of aromatic nitrogens is 2. The Labute approximate surface area is 210 Å². The Hall–Kier alpha value is -4.01. The predicted octanol–water partition coefficient (Wildman–Crippen LogP) is 6.69. The third-order valence-electron chi connectivity index (χ3n) is 5.15. The molecule has 2 heterocycles. The molecule has 8 heteroatoms. The van der Waals surface area contributed by atoms with Gasteiger partial charge in [0.15, 0.2) is 0 Å². The second-order valence-corrected chi connectivity index (χ2v) is 9.41. The highest BCUT2D eigenvalue weighted by Crippen LogP contribution is 2.41. The second-order valence-electron chi connectivity index (χ2n) is 7.52. The number of amides is 1. The van der Waals surface area contributed by atoms with Gasteiger partial charge in [0.25, 0.3) is 5.91 Å². The molecule has 6 nitrogen and oxygen atoms in total. The van der Waals surface area contributed by atoms with Gasteiger partial charge in [-0.2, -0.15) is 0 Å². The number of nitrogens with one attached hydrogen (secondary N) is 1. The molecule has 0 aliphatic carbocycles. The van der Waals surface area contributed by atoms with Crippen LogP contribution in [0.4, 0.5) is 5.69 Å². The van der Waals surface area contributed by atoms with Crippen LogP contribution in [0.3, 0.4) is 0 Å². The molecule has 1 amide bonds. The maximum Gasteiger partial charge on any atom is 0.308 e. The third kappa shape index (κ3) is 4.94. The molecule has 0 unspecified atom stereocenters. The molecule has 5 rings (SSSR count). The molecule has 0 saturated carbocycles. The minimum absolute atomic E-state index is 0.214. The van der Waals surface area contributed by atoms with Crippen molar-refractivity contribution >= 4 is 50.9 Å². The normalized spacial score (nSPS) is 10.8. The zero-order valence-corrected chi connectivity index (χ0v) is 20.2. The summed E-state index contributed by atoms with van der Waals surface area (Å²) < 4.78 is 5.20. The summed E-state index contributed by atoms with van der Waals surface area (Å²) in [5.41, 5.74) is 3.07. The van der Waals surface area contributed by atoms with E-state index in [-0.39, 0.29) is 17.2 Å². The fraction of sp³-hybridized carbons (Fsp3) is 0.0370. The number of carbonyl (C=O) groups excluding carboxylic acids is 2. The largest absolute Gasteiger partial charge is 0.426 e. The highest BCUT2D eigenvalue weighted by atomic mass is 32.2. The first-order valence-electron chi connectivity index (χ1n) is 10.7. The summed E-state index contributed by atoms with van der Waals surface area (Å²) in [5, 5.41) is 6.84. The molecule has 0 aliphatic heterocycles. The van der Waals surface area contributed by atoms with E-state index in [2.05, 4.69) is 32.8 Å². The van der Waals surface area contributed by atoms with Gasteiger partial charge >= 0.3 is 5.97 Å². The Bertz CT molecular complexity index is 1530. The number of hydrogen-bond acceptors (Lipinski definition) is 7. The van der Waals surface area contributed by atoms with Gasteiger partial charge in [0.2, 0.25) is 0 Å². The number of benzene rings is 3. The van der Waals surface area contributed by atoms with Crippen LogP contribution in [0.25, 0.3) is 21.3 Å². The van der Waals surface area contributed by atoms with E-state index >= 15 is 0 Å². The first-order chi connectivity index (χ1) is 17.1. The van der Waals surface area contributed by atoms with Gasteiger partial charge in [-0.15, -0.1) is 11.3 Å². The van der Waals surface area contributed by atoms with Crippen LogP contribution < -0.4 is 10.1 Å². The third-order valence-corrected chi connectivity index (χ3v) is 7.11. The first kappa shape index (κ1) is 22.8. The molecule has 172 valence electrons. The van der Waals surface area contributed by atoms with Gasteiger partial charge in [-0.25, -0.2) is 9.97 Å². The van der Waals surface area contributed by atoms with E-state index in [1.54, 1.807) is 41.9 Å². The molecule has 0 saturated heterocycles. The Kier molecular flexibility index (Phi) is 6.56. The van der Waals surface area contributed by atoms with Crippen LogP contribution in [0, 0.1) is 0 Å². The Morgan fingerprint density at radius 2 is 1.66 bits per heavy atom. The van der Waals surface area contributed by atoms with Crippen LogP contribution in [-0.4, -0.2) is 21.8 Å². The lowest BCUT2D eigenvalue weighted by atomic mass is 10.1. The van der Waals surface area contributed by atoms with Crippen LogP contribution in [-0.2, 0) is 4.79 Å². The topological polar surface area (TPSA) is 81.2 Å².